The van der Waals surface area contributed by atoms with Crippen molar-refractivity contribution in [2.45, 2.75) is 31.8 Å². The molecule has 1 aromatic carbocycles. The van der Waals surface area contributed by atoms with Crippen LogP contribution in [0.1, 0.15) is 24.8 Å². The van der Waals surface area contributed by atoms with Crippen molar-refractivity contribution < 1.29 is 13.2 Å². The van der Waals surface area contributed by atoms with Gasteiger partial charge in [-0.3, -0.25) is 9.80 Å². The molecule has 0 N–H and O–H groups in total. The van der Waals surface area contributed by atoms with Crippen LogP contribution in [0.25, 0.3) is 0 Å². The molecule has 0 bridgehead atoms. The van der Waals surface area contributed by atoms with Gasteiger partial charge in [-0.25, -0.2) is 13.2 Å². The minimum absolute atomic E-state index is 0.237. The molecule has 0 atom stereocenters. The molecule has 2 heterocycles. The van der Waals surface area contributed by atoms with Gasteiger partial charge in [-0.05, 0) is 32.0 Å². The zero-order valence-electron chi connectivity index (χ0n) is 11.4. The fraction of sp³-hybridized carbons (Fsp3) is 0.600. The molecule has 2 aliphatic heterocycles. The van der Waals surface area contributed by atoms with Crippen molar-refractivity contribution >= 4 is 0 Å². The number of likely N-dealkylation sites (tertiary alicyclic amines) is 2. The van der Waals surface area contributed by atoms with Gasteiger partial charge < -0.3 is 0 Å². The average Bonchev–Trinajstić information content (AvgIpc) is 2.43. The third kappa shape index (κ3) is 2.69. The SMILES string of the molecule is Fc1ccc(CN2CC(N3CCCCC3)C2)c(F)c1F. The van der Waals surface area contributed by atoms with E-state index in [9.17, 15) is 13.2 Å². The van der Waals surface area contributed by atoms with E-state index >= 15 is 0 Å². The van der Waals surface area contributed by atoms with E-state index in [-0.39, 0.29) is 5.56 Å². The molecule has 0 radical (unpaired) electrons. The summed E-state index contributed by atoms with van der Waals surface area (Å²) in [5.74, 6) is -3.54. The van der Waals surface area contributed by atoms with E-state index < -0.39 is 17.5 Å². The highest BCUT2D eigenvalue weighted by atomic mass is 19.2. The van der Waals surface area contributed by atoms with Crippen molar-refractivity contribution in [2.75, 3.05) is 26.2 Å². The van der Waals surface area contributed by atoms with E-state index in [1.54, 1.807) is 0 Å². The van der Waals surface area contributed by atoms with Gasteiger partial charge in [0, 0.05) is 31.2 Å². The minimum Gasteiger partial charge on any atom is -0.298 e. The number of hydrogen-bond acceptors (Lipinski definition) is 2. The minimum atomic E-state index is -1.37. The molecular formula is C15H19F3N2. The molecule has 0 spiro atoms. The molecule has 5 heteroatoms. The van der Waals surface area contributed by atoms with Crippen LogP contribution in [0.15, 0.2) is 12.1 Å². The zero-order chi connectivity index (χ0) is 14.1. The molecule has 2 nitrogen and oxygen atoms in total. The Labute approximate surface area is 117 Å². The van der Waals surface area contributed by atoms with Gasteiger partial charge in [0.1, 0.15) is 0 Å². The number of nitrogens with zero attached hydrogens (tertiary/aromatic N) is 2. The van der Waals surface area contributed by atoms with Crippen molar-refractivity contribution in [1.82, 2.24) is 9.80 Å². The van der Waals surface area contributed by atoms with Crippen molar-refractivity contribution in [1.29, 1.82) is 0 Å². The first kappa shape index (κ1) is 13.9. The highest BCUT2D eigenvalue weighted by Crippen LogP contribution is 2.23. The topological polar surface area (TPSA) is 6.48 Å². The maximum absolute atomic E-state index is 13.6. The zero-order valence-corrected chi connectivity index (χ0v) is 11.4. The highest BCUT2D eigenvalue weighted by Gasteiger charge is 2.32. The number of hydrogen-bond donors (Lipinski definition) is 0. The first-order chi connectivity index (χ1) is 9.65. The molecule has 0 aromatic heterocycles. The summed E-state index contributed by atoms with van der Waals surface area (Å²) in [7, 11) is 0. The van der Waals surface area contributed by atoms with Crippen LogP contribution in [-0.4, -0.2) is 42.0 Å². The van der Waals surface area contributed by atoms with Gasteiger partial charge in [0.15, 0.2) is 17.5 Å². The fourth-order valence-corrected chi connectivity index (χ4v) is 3.12. The average molecular weight is 284 g/mol. The second-order valence-corrected chi connectivity index (χ2v) is 5.78. The van der Waals surface area contributed by atoms with Crippen LogP contribution in [-0.2, 0) is 6.54 Å². The van der Waals surface area contributed by atoms with E-state index in [1.807, 2.05) is 0 Å². The quantitative estimate of drug-likeness (QED) is 0.788. The first-order valence-electron chi connectivity index (χ1n) is 7.24. The van der Waals surface area contributed by atoms with Crippen LogP contribution in [0.2, 0.25) is 0 Å². The van der Waals surface area contributed by atoms with Gasteiger partial charge in [-0.15, -0.1) is 0 Å². The summed E-state index contributed by atoms with van der Waals surface area (Å²) < 4.78 is 39.6. The van der Waals surface area contributed by atoms with E-state index in [4.69, 9.17) is 0 Å². The maximum atomic E-state index is 13.6. The lowest BCUT2D eigenvalue weighted by atomic mass is 10.0. The normalized spacial score (nSPS) is 21.9. The number of piperidine rings is 1. The molecule has 1 aromatic rings. The van der Waals surface area contributed by atoms with Crippen LogP contribution < -0.4 is 0 Å². The van der Waals surface area contributed by atoms with E-state index in [0.717, 1.165) is 32.2 Å². The Kier molecular flexibility index (Phi) is 3.98. The molecule has 2 aliphatic rings. The molecular weight excluding hydrogens is 265 g/mol. The summed E-state index contributed by atoms with van der Waals surface area (Å²) in [4.78, 5) is 4.57. The predicted molar refractivity (Wildman–Crippen MR) is 70.8 cm³/mol. The lowest BCUT2D eigenvalue weighted by molar-refractivity contribution is 0.0179. The van der Waals surface area contributed by atoms with Gasteiger partial charge in [0.25, 0.3) is 0 Å². The van der Waals surface area contributed by atoms with Gasteiger partial charge in [0.05, 0.1) is 0 Å². The van der Waals surface area contributed by atoms with Crippen molar-refractivity contribution in [3.05, 3.63) is 35.1 Å². The maximum Gasteiger partial charge on any atom is 0.194 e. The smallest absolute Gasteiger partial charge is 0.194 e. The van der Waals surface area contributed by atoms with E-state index in [0.29, 0.717) is 12.6 Å². The van der Waals surface area contributed by atoms with Crippen LogP contribution in [0.5, 0.6) is 0 Å². The van der Waals surface area contributed by atoms with Gasteiger partial charge in [-0.1, -0.05) is 12.5 Å². The highest BCUT2D eigenvalue weighted by molar-refractivity contribution is 5.20. The van der Waals surface area contributed by atoms with Crippen molar-refractivity contribution in [2.24, 2.45) is 0 Å². The number of rotatable bonds is 3. The van der Waals surface area contributed by atoms with Crippen LogP contribution in [0.3, 0.4) is 0 Å². The van der Waals surface area contributed by atoms with E-state index in [1.165, 1.54) is 25.3 Å². The second-order valence-electron chi connectivity index (χ2n) is 5.78. The van der Waals surface area contributed by atoms with Crippen LogP contribution >= 0.6 is 0 Å². The third-order valence-electron chi connectivity index (χ3n) is 4.35. The lowest BCUT2D eigenvalue weighted by Gasteiger charge is -2.46. The predicted octanol–water partition coefficient (Wildman–Crippen LogP) is 2.77. The summed E-state index contributed by atoms with van der Waals surface area (Å²) >= 11 is 0. The summed E-state index contributed by atoms with van der Waals surface area (Å²) in [6.07, 6.45) is 3.83. The molecule has 2 fully saturated rings. The fourth-order valence-electron chi connectivity index (χ4n) is 3.12. The van der Waals surface area contributed by atoms with Gasteiger partial charge in [-0.2, -0.15) is 0 Å². The Morgan fingerprint density at radius 1 is 0.950 bits per heavy atom. The van der Waals surface area contributed by atoms with Crippen molar-refractivity contribution in [3.63, 3.8) is 0 Å². The summed E-state index contributed by atoms with van der Waals surface area (Å²) in [6.45, 7) is 4.43. The van der Waals surface area contributed by atoms with Gasteiger partial charge >= 0.3 is 0 Å². The Morgan fingerprint density at radius 3 is 2.35 bits per heavy atom. The molecule has 0 saturated carbocycles. The monoisotopic (exact) mass is 284 g/mol. The Balaban J connectivity index is 1.55. The Bertz CT molecular complexity index is 480. The molecule has 3 rings (SSSR count). The molecule has 110 valence electrons. The van der Waals surface area contributed by atoms with E-state index in [2.05, 4.69) is 9.80 Å². The number of halogens is 3. The summed E-state index contributed by atoms with van der Waals surface area (Å²) in [6, 6.07) is 2.88. The molecule has 0 amide bonds. The third-order valence-corrected chi connectivity index (χ3v) is 4.35. The van der Waals surface area contributed by atoms with Crippen molar-refractivity contribution in [3.8, 4) is 0 Å². The summed E-state index contributed by atoms with van der Waals surface area (Å²) in [5.41, 5.74) is 0.237. The van der Waals surface area contributed by atoms with Gasteiger partial charge in [0.2, 0.25) is 0 Å². The lowest BCUT2D eigenvalue weighted by Crippen LogP contribution is -2.59. The molecule has 20 heavy (non-hydrogen) atoms. The van der Waals surface area contributed by atoms with Crippen LogP contribution in [0, 0.1) is 17.5 Å². The van der Waals surface area contributed by atoms with Crippen LogP contribution in [0.4, 0.5) is 13.2 Å². The largest absolute Gasteiger partial charge is 0.298 e. The Hall–Kier alpha value is -1.07. The molecule has 0 aliphatic carbocycles. The first-order valence-corrected chi connectivity index (χ1v) is 7.24. The second kappa shape index (κ2) is 5.74. The molecule has 0 unspecified atom stereocenters. The Morgan fingerprint density at radius 2 is 1.65 bits per heavy atom. The number of benzene rings is 1. The summed E-state index contributed by atoms with van der Waals surface area (Å²) in [5, 5.41) is 0. The standard InChI is InChI=1S/C15H19F3N2/c16-13-5-4-11(14(17)15(13)18)8-19-9-12(10-19)20-6-2-1-3-7-20/h4-5,12H,1-3,6-10H2. The molecule has 2 saturated heterocycles.